The van der Waals surface area contributed by atoms with Crippen LogP contribution in [0.4, 0.5) is 30.4 Å². The van der Waals surface area contributed by atoms with E-state index in [1.54, 1.807) is 6.92 Å². The number of aryl methyl sites for hydroxylation is 2. The Morgan fingerprint density at radius 2 is 1.88 bits per heavy atom. The molecule has 134 valence electrons. The average Bonchev–Trinajstić information content (AvgIpc) is 2.83. The van der Waals surface area contributed by atoms with Gasteiger partial charge in [-0.05, 0) is 25.1 Å². The van der Waals surface area contributed by atoms with Crippen LogP contribution in [0.3, 0.4) is 0 Å². The third-order valence-corrected chi connectivity index (χ3v) is 3.85. The lowest BCUT2D eigenvalue weighted by Gasteiger charge is -2.12. The molecule has 0 aliphatic rings. The van der Waals surface area contributed by atoms with Gasteiger partial charge in [-0.2, -0.15) is 5.10 Å². The number of rotatable bonds is 4. The zero-order chi connectivity index (χ0) is 19.0. The fourth-order valence-corrected chi connectivity index (χ4v) is 2.72. The Labute approximate surface area is 146 Å². The molecule has 3 aromatic rings. The molecule has 0 bridgehead atoms. The Hall–Kier alpha value is -3.36. The van der Waals surface area contributed by atoms with Gasteiger partial charge < -0.3 is 5.32 Å². The van der Waals surface area contributed by atoms with E-state index in [0.717, 1.165) is 24.3 Å². The molecule has 0 aliphatic heterocycles. The van der Waals surface area contributed by atoms with Gasteiger partial charge in [0.1, 0.15) is 17.5 Å². The van der Waals surface area contributed by atoms with Gasteiger partial charge in [0.25, 0.3) is 5.69 Å². The molecule has 0 radical (unpaired) electrons. The number of nitrogens with zero attached hydrogens (tertiary/aromatic N) is 3. The highest BCUT2D eigenvalue weighted by Gasteiger charge is 2.24. The van der Waals surface area contributed by atoms with Crippen molar-refractivity contribution in [1.82, 2.24) is 9.78 Å². The number of benzene rings is 2. The summed E-state index contributed by atoms with van der Waals surface area (Å²) in [5, 5.41) is 18.0. The lowest BCUT2D eigenvalue weighted by molar-refractivity contribution is -0.384. The molecule has 26 heavy (non-hydrogen) atoms. The van der Waals surface area contributed by atoms with Gasteiger partial charge in [0, 0.05) is 24.7 Å². The minimum absolute atomic E-state index is 0.0403. The van der Waals surface area contributed by atoms with Crippen LogP contribution < -0.4 is 5.32 Å². The van der Waals surface area contributed by atoms with Crippen LogP contribution in [0.5, 0.6) is 0 Å². The summed E-state index contributed by atoms with van der Waals surface area (Å²) >= 11 is 0. The van der Waals surface area contributed by atoms with Gasteiger partial charge in [-0.15, -0.1) is 0 Å². The molecular formula is C17H13F3N4O2. The standard InChI is InChI=1S/C17H13F3N4O2/c1-9-15(11-7-6-10(18)8-13(11)20)17(23(2)22-9)21-16-12(19)4-3-5-14(16)24(25)26/h3-8,21H,1-2H3. The summed E-state index contributed by atoms with van der Waals surface area (Å²) in [6.45, 7) is 1.60. The van der Waals surface area contributed by atoms with Crippen molar-refractivity contribution in [2.24, 2.45) is 7.05 Å². The second kappa shape index (κ2) is 6.51. The molecule has 0 atom stereocenters. The number of nitro groups is 1. The van der Waals surface area contributed by atoms with Crippen LogP contribution in [0.25, 0.3) is 11.1 Å². The smallest absolute Gasteiger partial charge is 0.295 e. The van der Waals surface area contributed by atoms with Crippen molar-refractivity contribution >= 4 is 17.2 Å². The molecule has 0 fully saturated rings. The molecule has 0 spiro atoms. The Kier molecular flexibility index (Phi) is 4.37. The monoisotopic (exact) mass is 362 g/mol. The van der Waals surface area contributed by atoms with Gasteiger partial charge in [0.05, 0.1) is 16.2 Å². The van der Waals surface area contributed by atoms with E-state index >= 15 is 0 Å². The number of halogens is 3. The van der Waals surface area contributed by atoms with Gasteiger partial charge in [0.15, 0.2) is 11.5 Å². The summed E-state index contributed by atoms with van der Waals surface area (Å²) in [5.41, 5.74) is -0.167. The Morgan fingerprint density at radius 3 is 2.54 bits per heavy atom. The van der Waals surface area contributed by atoms with E-state index in [1.807, 2.05) is 0 Å². The molecule has 1 heterocycles. The fraction of sp³-hybridized carbons (Fsp3) is 0.118. The molecule has 9 heteroatoms. The van der Waals surface area contributed by atoms with Gasteiger partial charge >= 0.3 is 0 Å². The number of para-hydroxylation sites is 1. The number of hydrogen-bond acceptors (Lipinski definition) is 4. The molecule has 1 aromatic heterocycles. The molecule has 0 aliphatic carbocycles. The molecule has 6 nitrogen and oxygen atoms in total. The first-order valence-corrected chi connectivity index (χ1v) is 7.48. The van der Waals surface area contributed by atoms with Crippen molar-refractivity contribution in [3.63, 3.8) is 0 Å². The number of hydrogen-bond donors (Lipinski definition) is 1. The largest absolute Gasteiger partial charge is 0.332 e. The lowest BCUT2D eigenvalue weighted by Crippen LogP contribution is -2.05. The number of nitrogens with one attached hydrogen (secondary N) is 1. The van der Waals surface area contributed by atoms with Crippen molar-refractivity contribution in [3.8, 4) is 11.1 Å². The van der Waals surface area contributed by atoms with Crippen LogP contribution in [0.1, 0.15) is 5.69 Å². The number of nitro benzene ring substituents is 1. The van der Waals surface area contributed by atoms with Gasteiger partial charge in [0.2, 0.25) is 0 Å². The Morgan fingerprint density at radius 1 is 1.15 bits per heavy atom. The van der Waals surface area contributed by atoms with E-state index < -0.39 is 28.1 Å². The quantitative estimate of drug-likeness (QED) is 0.549. The zero-order valence-electron chi connectivity index (χ0n) is 13.8. The SMILES string of the molecule is Cc1nn(C)c(Nc2c(F)cccc2[N+](=O)[O-])c1-c1ccc(F)cc1F. The summed E-state index contributed by atoms with van der Waals surface area (Å²) in [5.74, 6) is -2.27. The topological polar surface area (TPSA) is 73.0 Å². The molecule has 3 rings (SSSR count). The van der Waals surface area contributed by atoms with Crippen LogP contribution in [0.2, 0.25) is 0 Å². The van der Waals surface area contributed by atoms with E-state index in [-0.39, 0.29) is 22.6 Å². The van der Waals surface area contributed by atoms with Crippen LogP contribution >= 0.6 is 0 Å². The fourth-order valence-electron chi connectivity index (χ4n) is 2.72. The second-order valence-corrected chi connectivity index (χ2v) is 5.57. The van der Waals surface area contributed by atoms with E-state index in [1.165, 1.54) is 23.9 Å². The summed E-state index contributed by atoms with van der Waals surface area (Å²) in [4.78, 5) is 10.4. The first-order chi connectivity index (χ1) is 12.3. The lowest BCUT2D eigenvalue weighted by atomic mass is 10.0. The van der Waals surface area contributed by atoms with E-state index in [9.17, 15) is 23.3 Å². The van der Waals surface area contributed by atoms with E-state index in [0.29, 0.717) is 5.69 Å². The van der Waals surface area contributed by atoms with Crippen LogP contribution in [0.15, 0.2) is 36.4 Å². The number of aromatic nitrogens is 2. The molecule has 0 amide bonds. The van der Waals surface area contributed by atoms with Gasteiger partial charge in [-0.3, -0.25) is 14.8 Å². The van der Waals surface area contributed by atoms with Crippen LogP contribution in [-0.4, -0.2) is 14.7 Å². The second-order valence-electron chi connectivity index (χ2n) is 5.57. The minimum Gasteiger partial charge on any atom is -0.332 e. The van der Waals surface area contributed by atoms with Gasteiger partial charge in [-0.1, -0.05) is 6.07 Å². The Balaban J connectivity index is 2.18. The third kappa shape index (κ3) is 2.99. The van der Waals surface area contributed by atoms with Crippen molar-refractivity contribution in [2.45, 2.75) is 6.92 Å². The zero-order valence-corrected chi connectivity index (χ0v) is 13.8. The average molecular weight is 362 g/mol. The van der Waals surface area contributed by atoms with Crippen molar-refractivity contribution in [2.75, 3.05) is 5.32 Å². The molecular weight excluding hydrogens is 349 g/mol. The van der Waals surface area contributed by atoms with E-state index in [2.05, 4.69) is 10.4 Å². The first kappa shape index (κ1) is 17.5. The van der Waals surface area contributed by atoms with Crippen LogP contribution in [0, 0.1) is 34.5 Å². The highest BCUT2D eigenvalue weighted by atomic mass is 19.1. The predicted octanol–water partition coefficient (Wildman–Crippen LogP) is 4.46. The molecule has 1 N–H and O–H groups in total. The maximum Gasteiger partial charge on any atom is 0.295 e. The molecule has 2 aromatic carbocycles. The van der Waals surface area contributed by atoms with Crippen molar-refractivity contribution < 1.29 is 18.1 Å². The third-order valence-electron chi connectivity index (χ3n) is 3.85. The number of anilines is 2. The van der Waals surface area contributed by atoms with Crippen molar-refractivity contribution in [1.29, 1.82) is 0 Å². The highest BCUT2D eigenvalue weighted by molar-refractivity contribution is 5.83. The minimum atomic E-state index is -0.844. The van der Waals surface area contributed by atoms with E-state index in [4.69, 9.17) is 0 Å². The maximum absolute atomic E-state index is 14.2. The van der Waals surface area contributed by atoms with Crippen molar-refractivity contribution in [3.05, 3.63) is 69.7 Å². The summed E-state index contributed by atoms with van der Waals surface area (Å²) in [6, 6.07) is 6.46. The summed E-state index contributed by atoms with van der Waals surface area (Å²) in [7, 11) is 1.52. The predicted molar refractivity (Wildman–Crippen MR) is 89.6 cm³/mol. The highest BCUT2D eigenvalue weighted by Crippen LogP contribution is 2.37. The molecule has 0 saturated heterocycles. The van der Waals surface area contributed by atoms with Gasteiger partial charge in [-0.25, -0.2) is 13.2 Å². The summed E-state index contributed by atoms with van der Waals surface area (Å²) in [6.07, 6.45) is 0. The summed E-state index contributed by atoms with van der Waals surface area (Å²) < 4.78 is 42.9. The molecule has 0 saturated carbocycles. The maximum atomic E-state index is 14.2. The Bertz CT molecular complexity index is 1020. The normalized spacial score (nSPS) is 10.8. The molecule has 0 unspecified atom stereocenters. The van der Waals surface area contributed by atoms with Crippen LogP contribution in [-0.2, 0) is 7.05 Å². The first-order valence-electron chi connectivity index (χ1n) is 7.48.